The highest BCUT2D eigenvalue weighted by Crippen LogP contribution is 2.06. The smallest absolute Gasteiger partial charge is 0.253 e. The van der Waals surface area contributed by atoms with Gasteiger partial charge < -0.3 is 15.2 Å². The van der Waals surface area contributed by atoms with Gasteiger partial charge in [0.2, 0.25) is 6.41 Å². The molecule has 9 heavy (non-hydrogen) atoms. The largest absolute Gasteiger partial charge is 0.351 e. The van der Waals surface area contributed by atoms with E-state index in [-0.39, 0.29) is 5.91 Å². The predicted molar refractivity (Wildman–Crippen MR) is 29.3 cm³/mol. The summed E-state index contributed by atoms with van der Waals surface area (Å²) in [4.78, 5) is 10.6. The van der Waals surface area contributed by atoms with Gasteiger partial charge in [-0.1, -0.05) is 6.92 Å². The summed E-state index contributed by atoms with van der Waals surface area (Å²) in [5, 5.41) is 10.9. The zero-order chi connectivity index (χ0) is 6.85. The predicted octanol–water partition coefficient (Wildman–Crippen LogP) is -0.813. The van der Waals surface area contributed by atoms with Crippen LogP contribution in [0.5, 0.6) is 0 Å². The molecule has 1 unspecified atom stereocenters. The summed E-state index contributed by atoms with van der Waals surface area (Å²) in [5.41, 5.74) is 0. The van der Waals surface area contributed by atoms with Crippen LogP contribution in [-0.4, -0.2) is 23.5 Å². The van der Waals surface area contributed by atoms with Gasteiger partial charge in [0, 0.05) is 0 Å². The van der Waals surface area contributed by atoms with Crippen molar-refractivity contribution >= 4 is 5.91 Å². The van der Waals surface area contributed by atoms with E-state index in [9.17, 15) is 4.79 Å². The summed E-state index contributed by atoms with van der Waals surface area (Å²) < 4.78 is 4.72. The van der Waals surface area contributed by atoms with Crippen LogP contribution in [0.3, 0.4) is 0 Å². The van der Waals surface area contributed by atoms with Crippen molar-refractivity contribution in [2.45, 2.75) is 25.9 Å². The second-order valence-electron chi connectivity index (χ2n) is 1.89. The van der Waals surface area contributed by atoms with Gasteiger partial charge in [0.15, 0.2) is 0 Å². The molecule has 0 bridgehead atoms. The Bertz CT molecular complexity index is 125. The molecule has 1 fully saturated rings. The van der Waals surface area contributed by atoms with Crippen LogP contribution in [-0.2, 0) is 9.53 Å². The minimum absolute atomic E-state index is 0.231. The minimum Gasteiger partial charge on any atom is -0.351 e. The molecule has 1 amide bonds. The molecule has 1 saturated heterocycles. The first-order valence-electron chi connectivity index (χ1n) is 2.88. The highest BCUT2D eigenvalue weighted by Gasteiger charge is 2.29. The van der Waals surface area contributed by atoms with Crippen LogP contribution in [0.4, 0.5) is 0 Å². The molecule has 0 spiro atoms. The minimum atomic E-state index is -1.09. The van der Waals surface area contributed by atoms with E-state index in [0.717, 1.165) is 0 Å². The van der Waals surface area contributed by atoms with Crippen LogP contribution in [0.2, 0.25) is 0 Å². The van der Waals surface area contributed by atoms with Crippen molar-refractivity contribution in [1.29, 1.82) is 0 Å². The Labute approximate surface area is 52.8 Å². The Morgan fingerprint density at radius 3 is 2.78 bits per heavy atom. The molecule has 1 aliphatic heterocycles. The number of amides is 1. The van der Waals surface area contributed by atoms with Crippen molar-refractivity contribution in [3.8, 4) is 0 Å². The van der Waals surface area contributed by atoms with E-state index in [1.807, 2.05) is 6.92 Å². The van der Waals surface area contributed by atoms with Crippen molar-refractivity contribution in [2.24, 2.45) is 0 Å². The van der Waals surface area contributed by atoms with Crippen LogP contribution in [0.1, 0.15) is 13.3 Å². The molecule has 1 aliphatic rings. The number of hydrogen-bond donors (Lipinski definition) is 2. The summed E-state index contributed by atoms with van der Waals surface area (Å²) in [7, 11) is 0. The van der Waals surface area contributed by atoms with E-state index in [2.05, 4.69) is 5.32 Å². The fraction of sp³-hybridized carbons (Fsp3) is 0.800. The molecule has 1 heterocycles. The molecule has 2 atom stereocenters. The Hall–Kier alpha value is -0.610. The van der Waals surface area contributed by atoms with Gasteiger partial charge in [0.25, 0.3) is 5.91 Å². The number of ether oxygens (including phenoxy) is 1. The standard InChI is InChI=1S/C5H9NO3/c1-2-3-4(7)6-5(8)9-3/h3,5,8H,2H2,1H3,(H,6,7)/t3-,5?/m0/s1. The first-order chi connectivity index (χ1) is 4.24. The average Bonchev–Trinajstić information content (AvgIpc) is 2.10. The van der Waals surface area contributed by atoms with Crippen LogP contribution in [0.25, 0.3) is 0 Å². The van der Waals surface area contributed by atoms with Gasteiger partial charge in [0.05, 0.1) is 0 Å². The van der Waals surface area contributed by atoms with Crippen molar-refractivity contribution in [3.63, 3.8) is 0 Å². The monoisotopic (exact) mass is 131 g/mol. The molecule has 1 rings (SSSR count). The SMILES string of the molecule is CC[C@@H]1OC(O)NC1=O. The Morgan fingerprint density at radius 1 is 1.89 bits per heavy atom. The maximum absolute atomic E-state index is 10.6. The molecule has 0 aliphatic carbocycles. The summed E-state index contributed by atoms with van der Waals surface area (Å²) >= 11 is 0. The van der Waals surface area contributed by atoms with Crippen LogP contribution >= 0.6 is 0 Å². The lowest BCUT2D eigenvalue weighted by Crippen LogP contribution is -2.26. The van der Waals surface area contributed by atoms with Crippen molar-refractivity contribution in [1.82, 2.24) is 5.32 Å². The topological polar surface area (TPSA) is 58.6 Å². The summed E-state index contributed by atoms with van der Waals surface area (Å²) in [6.45, 7) is 1.82. The van der Waals surface area contributed by atoms with Crippen LogP contribution in [0, 0.1) is 0 Å². The third kappa shape index (κ3) is 1.20. The van der Waals surface area contributed by atoms with Crippen molar-refractivity contribution < 1.29 is 14.6 Å². The molecule has 4 nitrogen and oxygen atoms in total. The van der Waals surface area contributed by atoms with Gasteiger partial charge in [-0.3, -0.25) is 4.79 Å². The molecular weight excluding hydrogens is 122 g/mol. The second-order valence-corrected chi connectivity index (χ2v) is 1.89. The van der Waals surface area contributed by atoms with Crippen molar-refractivity contribution in [2.75, 3.05) is 0 Å². The maximum Gasteiger partial charge on any atom is 0.253 e. The van der Waals surface area contributed by atoms with E-state index in [1.54, 1.807) is 0 Å². The molecule has 0 saturated carbocycles. The van der Waals surface area contributed by atoms with E-state index < -0.39 is 12.5 Å². The lowest BCUT2D eigenvalue weighted by Gasteiger charge is -2.00. The quantitative estimate of drug-likeness (QED) is 0.489. The fourth-order valence-corrected chi connectivity index (χ4v) is 0.748. The molecule has 0 aromatic heterocycles. The van der Waals surface area contributed by atoms with Gasteiger partial charge in [0.1, 0.15) is 6.10 Å². The van der Waals surface area contributed by atoms with Gasteiger partial charge in [-0.25, -0.2) is 0 Å². The fourth-order valence-electron chi connectivity index (χ4n) is 0.748. The summed E-state index contributed by atoms with van der Waals surface area (Å²) in [5.74, 6) is -0.231. The molecule has 0 aromatic rings. The van der Waals surface area contributed by atoms with Gasteiger partial charge >= 0.3 is 0 Å². The van der Waals surface area contributed by atoms with E-state index in [4.69, 9.17) is 9.84 Å². The molecular formula is C5H9NO3. The lowest BCUT2D eigenvalue weighted by molar-refractivity contribution is -0.125. The molecule has 52 valence electrons. The highest BCUT2D eigenvalue weighted by atomic mass is 16.6. The second kappa shape index (κ2) is 2.33. The molecule has 4 heteroatoms. The lowest BCUT2D eigenvalue weighted by atomic mass is 10.3. The Kier molecular flexibility index (Phi) is 1.68. The number of nitrogens with one attached hydrogen (secondary N) is 1. The van der Waals surface area contributed by atoms with Crippen LogP contribution < -0.4 is 5.32 Å². The summed E-state index contributed by atoms with van der Waals surface area (Å²) in [6, 6.07) is 0. The van der Waals surface area contributed by atoms with Gasteiger partial charge in [-0.2, -0.15) is 0 Å². The van der Waals surface area contributed by atoms with Gasteiger partial charge in [-0.05, 0) is 6.42 Å². The zero-order valence-electron chi connectivity index (χ0n) is 5.13. The first kappa shape index (κ1) is 6.51. The zero-order valence-corrected chi connectivity index (χ0v) is 5.13. The van der Waals surface area contributed by atoms with Crippen molar-refractivity contribution in [3.05, 3.63) is 0 Å². The van der Waals surface area contributed by atoms with E-state index >= 15 is 0 Å². The normalized spacial score (nSPS) is 34.7. The Morgan fingerprint density at radius 2 is 2.56 bits per heavy atom. The third-order valence-corrected chi connectivity index (χ3v) is 1.22. The Balaban J connectivity index is 2.48. The van der Waals surface area contributed by atoms with E-state index in [1.165, 1.54) is 0 Å². The third-order valence-electron chi connectivity index (χ3n) is 1.22. The number of aliphatic hydroxyl groups is 1. The maximum atomic E-state index is 10.6. The molecule has 0 aromatic carbocycles. The number of hydrogen-bond acceptors (Lipinski definition) is 3. The first-order valence-corrected chi connectivity index (χ1v) is 2.88. The molecule has 0 radical (unpaired) electrons. The summed E-state index contributed by atoms with van der Waals surface area (Å²) in [6.07, 6.45) is -0.953. The molecule has 2 N–H and O–H groups in total. The average molecular weight is 131 g/mol. The highest BCUT2D eigenvalue weighted by molar-refractivity contribution is 5.82. The number of carbonyl (C=O) groups is 1. The number of rotatable bonds is 1. The number of aliphatic hydroxyl groups excluding tert-OH is 1. The van der Waals surface area contributed by atoms with E-state index in [0.29, 0.717) is 6.42 Å². The van der Waals surface area contributed by atoms with Crippen LogP contribution in [0.15, 0.2) is 0 Å². The number of carbonyl (C=O) groups excluding carboxylic acids is 1. The van der Waals surface area contributed by atoms with Gasteiger partial charge in [-0.15, -0.1) is 0 Å².